The molecular weight excluding hydrogens is 386 g/mol. The van der Waals surface area contributed by atoms with Gasteiger partial charge in [0.1, 0.15) is 0 Å². The predicted molar refractivity (Wildman–Crippen MR) is 106 cm³/mol. The third kappa shape index (κ3) is 4.94. The van der Waals surface area contributed by atoms with Crippen molar-refractivity contribution in [2.75, 3.05) is 13.1 Å². The number of carbonyl (C=O) groups is 1. The van der Waals surface area contributed by atoms with Crippen LogP contribution in [0.15, 0.2) is 58.5 Å². The minimum atomic E-state index is -3.58. The van der Waals surface area contributed by atoms with Crippen LogP contribution >= 0.6 is 11.6 Å². The van der Waals surface area contributed by atoms with E-state index in [4.69, 9.17) is 11.6 Å². The third-order valence-electron chi connectivity index (χ3n) is 4.30. The lowest BCUT2D eigenvalue weighted by Crippen LogP contribution is -2.35. The number of piperidine rings is 1. The summed E-state index contributed by atoms with van der Waals surface area (Å²) < 4.78 is 27.0. The molecule has 0 radical (unpaired) electrons. The van der Waals surface area contributed by atoms with Gasteiger partial charge >= 0.3 is 0 Å². The van der Waals surface area contributed by atoms with Gasteiger partial charge < -0.3 is 0 Å². The Hall–Kier alpha value is -2.22. The van der Waals surface area contributed by atoms with Crippen LogP contribution in [0.25, 0.3) is 0 Å². The topological polar surface area (TPSA) is 78.8 Å². The van der Waals surface area contributed by atoms with Gasteiger partial charge in [-0.2, -0.15) is 9.41 Å². The zero-order chi connectivity index (χ0) is 19.3. The number of nitrogens with one attached hydrogen (secondary N) is 1. The summed E-state index contributed by atoms with van der Waals surface area (Å²) in [5.74, 6) is -0.476. The van der Waals surface area contributed by atoms with Crippen LogP contribution in [0.4, 0.5) is 0 Å². The molecule has 0 spiro atoms. The maximum atomic E-state index is 12.7. The largest absolute Gasteiger partial charge is 0.271 e. The predicted octanol–water partition coefficient (Wildman–Crippen LogP) is 3.28. The zero-order valence-corrected chi connectivity index (χ0v) is 16.2. The molecule has 3 rings (SSSR count). The number of benzene rings is 2. The van der Waals surface area contributed by atoms with Gasteiger partial charge in [0.2, 0.25) is 10.0 Å². The molecule has 0 bridgehead atoms. The van der Waals surface area contributed by atoms with E-state index in [1.54, 1.807) is 36.4 Å². The standard InChI is InChI=1S/C19H20ClN3O3S/c20-17-9-7-15(8-10-17)14-21-22-19(24)16-5-4-6-18(13-16)27(25,26)23-11-2-1-3-12-23/h4-10,13-14H,1-3,11-12H2,(H,22,24). The van der Waals surface area contributed by atoms with E-state index in [-0.39, 0.29) is 10.5 Å². The van der Waals surface area contributed by atoms with Crippen molar-refractivity contribution in [2.45, 2.75) is 24.2 Å². The Morgan fingerprint density at radius 1 is 1.07 bits per heavy atom. The molecule has 27 heavy (non-hydrogen) atoms. The van der Waals surface area contributed by atoms with Crippen molar-refractivity contribution in [1.29, 1.82) is 0 Å². The van der Waals surface area contributed by atoms with Gasteiger partial charge in [0.15, 0.2) is 0 Å². The average molecular weight is 406 g/mol. The minimum Gasteiger partial charge on any atom is -0.267 e. The van der Waals surface area contributed by atoms with Crippen molar-refractivity contribution in [1.82, 2.24) is 9.73 Å². The summed E-state index contributed by atoms with van der Waals surface area (Å²) in [7, 11) is -3.58. The molecule has 6 nitrogen and oxygen atoms in total. The molecule has 0 unspecified atom stereocenters. The lowest BCUT2D eigenvalue weighted by Gasteiger charge is -2.25. The summed E-state index contributed by atoms with van der Waals surface area (Å²) in [4.78, 5) is 12.4. The van der Waals surface area contributed by atoms with Gasteiger partial charge in [0, 0.05) is 23.7 Å². The second kappa shape index (κ2) is 8.65. The molecule has 1 fully saturated rings. The molecule has 2 aromatic carbocycles. The van der Waals surface area contributed by atoms with Gasteiger partial charge in [-0.05, 0) is 48.7 Å². The fraction of sp³-hybridized carbons (Fsp3) is 0.263. The lowest BCUT2D eigenvalue weighted by molar-refractivity contribution is 0.0955. The smallest absolute Gasteiger partial charge is 0.267 e. The monoisotopic (exact) mass is 405 g/mol. The number of rotatable bonds is 5. The van der Waals surface area contributed by atoms with Crippen LogP contribution in [0.5, 0.6) is 0 Å². The van der Waals surface area contributed by atoms with Gasteiger partial charge in [-0.3, -0.25) is 4.79 Å². The second-order valence-corrected chi connectivity index (χ2v) is 8.62. The number of amides is 1. The molecule has 0 atom stereocenters. The molecule has 142 valence electrons. The summed E-state index contributed by atoms with van der Waals surface area (Å²) in [5, 5.41) is 4.52. The van der Waals surface area contributed by atoms with Crippen LogP contribution in [-0.4, -0.2) is 37.9 Å². The van der Waals surface area contributed by atoms with E-state index in [1.807, 2.05) is 0 Å². The summed E-state index contributed by atoms with van der Waals surface area (Å²) in [6.07, 6.45) is 4.25. The number of nitrogens with zero attached hydrogens (tertiary/aromatic N) is 2. The molecule has 1 N–H and O–H groups in total. The Balaban J connectivity index is 1.70. The van der Waals surface area contributed by atoms with Crippen LogP contribution < -0.4 is 5.43 Å². The maximum absolute atomic E-state index is 12.7. The van der Waals surface area contributed by atoms with Crippen molar-refractivity contribution in [2.24, 2.45) is 5.10 Å². The fourth-order valence-corrected chi connectivity index (χ4v) is 4.52. The van der Waals surface area contributed by atoms with E-state index in [0.29, 0.717) is 18.1 Å². The van der Waals surface area contributed by atoms with Crippen LogP contribution in [-0.2, 0) is 10.0 Å². The van der Waals surface area contributed by atoms with Crippen LogP contribution in [0.2, 0.25) is 5.02 Å². The maximum Gasteiger partial charge on any atom is 0.271 e. The average Bonchev–Trinajstić information content (AvgIpc) is 2.70. The zero-order valence-electron chi connectivity index (χ0n) is 14.6. The molecule has 1 aliphatic rings. The minimum absolute atomic E-state index is 0.124. The number of carbonyl (C=O) groups excluding carboxylic acids is 1. The van der Waals surface area contributed by atoms with Gasteiger partial charge in [-0.25, -0.2) is 13.8 Å². The number of halogens is 1. The van der Waals surface area contributed by atoms with Gasteiger partial charge in [0.05, 0.1) is 11.1 Å². The number of sulfonamides is 1. The van der Waals surface area contributed by atoms with Crippen molar-refractivity contribution in [3.05, 3.63) is 64.7 Å². The Morgan fingerprint density at radius 3 is 2.48 bits per heavy atom. The number of hydrogen-bond donors (Lipinski definition) is 1. The van der Waals surface area contributed by atoms with Crippen molar-refractivity contribution >= 4 is 33.7 Å². The molecule has 0 saturated carbocycles. The van der Waals surface area contributed by atoms with E-state index in [9.17, 15) is 13.2 Å². The van der Waals surface area contributed by atoms with E-state index in [2.05, 4.69) is 10.5 Å². The van der Waals surface area contributed by atoms with Gasteiger partial charge in [-0.15, -0.1) is 0 Å². The second-order valence-electron chi connectivity index (χ2n) is 6.24. The van der Waals surface area contributed by atoms with E-state index in [1.165, 1.54) is 22.7 Å². The van der Waals surface area contributed by atoms with Crippen molar-refractivity contribution in [3.8, 4) is 0 Å². The quantitative estimate of drug-likeness (QED) is 0.612. The Labute approximate surface area is 163 Å². The number of hydrogen-bond acceptors (Lipinski definition) is 4. The van der Waals surface area contributed by atoms with Gasteiger partial charge in [-0.1, -0.05) is 36.2 Å². The first-order valence-corrected chi connectivity index (χ1v) is 10.5. The van der Waals surface area contributed by atoms with Crippen molar-refractivity contribution < 1.29 is 13.2 Å². The first-order valence-electron chi connectivity index (χ1n) is 8.66. The molecule has 2 aromatic rings. The highest BCUT2D eigenvalue weighted by Gasteiger charge is 2.26. The molecule has 1 aliphatic heterocycles. The summed E-state index contributed by atoms with van der Waals surface area (Å²) in [5.41, 5.74) is 3.43. The van der Waals surface area contributed by atoms with Gasteiger partial charge in [0.25, 0.3) is 5.91 Å². The normalized spacial score (nSPS) is 15.7. The Kier molecular flexibility index (Phi) is 6.26. The Bertz CT molecular complexity index is 937. The van der Waals surface area contributed by atoms with E-state index in [0.717, 1.165) is 24.8 Å². The highest BCUT2D eigenvalue weighted by molar-refractivity contribution is 7.89. The van der Waals surface area contributed by atoms with Crippen LogP contribution in [0, 0.1) is 0 Å². The highest BCUT2D eigenvalue weighted by Crippen LogP contribution is 2.21. The molecule has 0 aromatic heterocycles. The molecule has 1 saturated heterocycles. The van der Waals surface area contributed by atoms with Crippen molar-refractivity contribution in [3.63, 3.8) is 0 Å². The first kappa shape index (κ1) is 19.5. The molecule has 1 amide bonds. The molecule has 0 aliphatic carbocycles. The van der Waals surface area contributed by atoms with E-state index < -0.39 is 15.9 Å². The Morgan fingerprint density at radius 2 is 1.78 bits per heavy atom. The molecule has 8 heteroatoms. The fourth-order valence-electron chi connectivity index (χ4n) is 2.83. The van der Waals surface area contributed by atoms with E-state index >= 15 is 0 Å². The molecular formula is C19H20ClN3O3S. The summed E-state index contributed by atoms with van der Waals surface area (Å²) >= 11 is 5.82. The molecule has 1 heterocycles. The first-order chi connectivity index (χ1) is 13.0. The summed E-state index contributed by atoms with van der Waals surface area (Å²) in [6, 6.07) is 13.0. The lowest BCUT2D eigenvalue weighted by atomic mass is 10.2. The summed E-state index contributed by atoms with van der Waals surface area (Å²) in [6.45, 7) is 1.04. The highest BCUT2D eigenvalue weighted by atomic mass is 35.5. The SMILES string of the molecule is O=C(NN=Cc1ccc(Cl)cc1)c1cccc(S(=O)(=O)N2CCCCC2)c1. The van der Waals surface area contributed by atoms with Crippen LogP contribution in [0.1, 0.15) is 35.2 Å². The third-order valence-corrected chi connectivity index (χ3v) is 6.45. The number of hydrazone groups is 1. The van der Waals surface area contributed by atoms with Crippen LogP contribution in [0.3, 0.4) is 0 Å².